The molecule has 0 aromatic carbocycles. The van der Waals surface area contributed by atoms with Crippen LogP contribution in [0.3, 0.4) is 0 Å². The van der Waals surface area contributed by atoms with E-state index in [-0.39, 0.29) is 18.2 Å². The number of aliphatic hydroxyl groups is 1. The average molecular weight is 320 g/mol. The number of carbonyl (C=O) groups is 1. The number of fused-ring (bicyclic) bond motifs is 1. The van der Waals surface area contributed by atoms with E-state index in [0.717, 1.165) is 25.7 Å². The summed E-state index contributed by atoms with van der Waals surface area (Å²) in [7, 11) is 0. The van der Waals surface area contributed by atoms with Gasteiger partial charge in [-0.3, -0.25) is 4.79 Å². The van der Waals surface area contributed by atoms with Gasteiger partial charge in [0, 0.05) is 13.3 Å². The number of ether oxygens (including phenoxy) is 1. The molecule has 0 saturated heterocycles. The van der Waals surface area contributed by atoms with Crippen molar-refractivity contribution in [3.05, 3.63) is 23.8 Å². The minimum atomic E-state index is -0.279. The van der Waals surface area contributed by atoms with Gasteiger partial charge in [-0.25, -0.2) is 0 Å². The van der Waals surface area contributed by atoms with Crippen LogP contribution >= 0.6 is 0 Å². The molecule has 2 aliphatic carbocycles. The SMILES string of the molecule is CC(=O)O[C@@H]1CC=CC[C@@H](O)C[C@H]2C(C)=CC[C@H](C(C)C)[C@H]2C1. The molecule has 0 aromatic heterocycles. The number of carbonyl (C=O) groups excluding carboxylic acids is 1. The van der Waals surface area contributed by atoms with Crippen molar-refractivity contribution in [2.24, 2.45) is 23.7 Å². The number of aliphatic hydroxyl groups excluding tert-OH is 1. The maximum atomic E-state index is 11.5. The molecule has 2 rings (SSSR count). The standard InChI is InChI=1S/C20H32O3/c1-13(2)18-10-9-14(3)19-11-16(22)7-5-6-8-17(12-20(18)19)23-15(4)21/h5-6,9,13,16-20,22H,7-8,10-12H2,1-4H3/t16-,17-,18-,19+,20-/m1/s1. The van der Waals surface area contributed by atoms with Crippen molar-refractivity contribution < 1.29 is 14.6 Å². The predicted octanol–water partition coefficient (Wildman–Crippen LogP) is 4.26. The lowest BCUT2D eigenvalue weighted by molar-refractivity contribution is -0.147. The minimum absolute atomic E-state index is 0.0429. The molecule has 23 heavy (non-hydrogen) atoms. The van der Waals surface area contributed by atoms with E-state index >= 15 is 0 Å². The fraction of sp³-hybridized carbons (Fsp3) is 0.750. The minimum Gasteiger partial charge on any atom is -0.462 e. The summed E-state index contributed by atoms with van der Waals surface area (Å²) in [4.78, 5) is 11.5. The Bertz CT molecular complexity index is 464. The highest BCUT2D eigenvalue weighted by molar-refractivity contribution is 5.66. The summed E-state index contributed by atoms with van der Waals surface area (Å²) in [5, 5.41) is 10.4. The van der Waals surface area contributed by atoms with Crippen LogP contribution in [0.4, 0.5) is 0 Å². The van der Waals surface area contributed by atoms with Crippen LogP contribution in [0.15, 0.2) is 23.8 Å². The topological polar surface area (TPSA) is 46.5 Å². The molecule has 1 N–H and O–H groups in total. The molecule has 0 aliphatic heterocycles. The highest BCUT2D eigenvalue weighted by atomic mass is 16.5. The molecule has 0 unspecified atom stereocenters. The number of hydrogen-bond acceptors (Lipinski definition) is 3. The molecular weight excluding hydrogens is 288 g/mol. The van der Waals surface area contributed by atoms with Crippen molar-refractivity contribution in [2.75, 3.05) is 0 Å². The molecule has 130 valence electrons. The van der Waals surface area contributed by atoms with Gasteiger partial charge in [0.25, 0.3) is 0 Å². The summed E-state index contributed by atoms with van der Waals surface area (Å²) in [6.45, 7) is 8.26. The van der Waals surface area contributed by atoms with E-state index in [0.29, 0.717) is 30.1 Å². The zero-order valence-corrected chi connectivity index (χ0v) is 15.0. The normalized spacial score (nSPS) is 35.4. The Labute approximate surface area is 140 Å². The molecule has 0 bridgehead atoms. The molecule has 0 fully saturated rings. The fourth-order valence-electron chi connectivity index (χ4n) is 4.37. The van der Waals surface area contributed by atoms with E-state index in [1.54, 1.807) is 0 Å². The summed E-state index contributed by atoms with van der Waals surface area (Å²) in [6.07, 6.45) is 10.4. The average Bonchev–Trinajstić information content (AvgIpc) is 2.46. The smallest absolute Gasteiger partial charge is 0.302 e. The molecule has 2 aliphatic rings. The Balaban J connectivity index is 2.29. The number of rotatable bonds is 2. The zero-order valence-electron chi connectivity index (χ0n) is 15.0. The summed E-state index contributed by atoms with van der Waals surface area (Å²) in [6, 6.07) is 0. The second-order valence-corrected chi connectivity index (χ2v) is 7.66. The third-order valence-electron chi connectivity index (χ3n) is 5.59. The van der Waals surface area contributed by atoms with Crippen molar-refractivity contribution in [1.29, 1.82) is 0 Å². The van der Waals surface area contributed by atoms with Crippen molar-refractivity contribution in [1.82, 2.24) is 0 Å². The van der Waals surface area contributed by atoms with Gasteiger partial charge < -0.3 is 9.84 Å². The van der Waals surface area contributed by atoms with Gasteiger partial charge in [-0.05, 0) is 56.3 Å². The van der Waals surface area contributed by atoms with E-state index in [9.17, 15) is 9.90 Å². The zero-order chi connectivity index (χ0) is 17.0. The molecular formula is C20H32O3. The van der Waals surface area contributed by atoms with Crippen LogP contribution in [-0.2, 0) is 9.53 Å². The summed E-state index contributed by atoms with van der Waals surface area (Å²) in [5.74, 6) is 1.88. The maximum Gasteiger partial charge on any atom is 0.302 e. The van der Waals surface area contributed by atoms with E-state index < -0.39 is 0 Å². The van der Waals surface area contributed by atoms with Crippen molar-refractivity contribution in [3.8, 4) is 0 Å². The Morgan fingerprint density at radius 3 is 2.57 bits per heavy atom. The van der Waals surface area contributed by atoms with E-state index in [1.165, 1.54) is 12.5 Å². The molecule has 3 nitrogen and oxygen atoms in total. The van der Waals surface area contributed by atoms with Crippen LogP contribution < -0.4 is 0 Å². The van der Waals surface area contributed by atoms with Crippen molar-refractivity contribution >= 4 is 5.97 Å². The Morgan fingerprint density at radius 2 is 1.91 bits per heavy atom. The maximum absolute atomic E-state index is 11.5. The number of allylic oxidation sites excluding steroid dienone is 2. The molecule has 3 heteroatoms. The number of esters is 1. The van der Waals surface area contributed by atoms with E-state index in [4.69, 9.17) is 4.74 Å². The molecule has 0 spiro atoms. The van der Waals surface area contributed by atoms with Gasteiger partial charge in [0.15, 0.2) is 0 Å². The molecule has 5 atom stereocenters. The molecule has 0 amide bonds. The monoisotopic (exact) mass is 320 g/mol. The van der Waals surface area contributed by atoms with Crippen LogP contribution in [0.2, 0.25) is 0 Å². The highest BCUT2D eigenvalue weighted by Gasteiger charge is 2.37. The van der Waals surface area contributed by atoms with Crippen molar-refractivity contribution in [3.63, 3.8) is 0 Å². The van der Waals surface area contributed by atoms with E-state index in [1.807, 2.05) is 6.08 Å². The first-order chi connectivity index (χ1) is 10.9. The second kappa shape index (κ2) is 8.14. The first-order valence-electron chi connectivity index (χ1n) is 9.05. The summed E-state index contributed by atoms with van der Waals surface area (Å²) < 4.78 is 5.59. The van der Waals surface area contributed by atoms with Gasteiger partial charge in [0.2, 0.25) is 0 Å². The molecule has 0 heterocycles. The lowest BCUT2D eigenvalue weighted by atomic mass is 9.64. The second-order valence-electron chi connectivity index (χ2n) is 7.66. The Morgan fingerprint density at radius 1 is 1.22 bits per heavy atom. The van der Waals surface area contributed by atoms with Crippen LogP contribution in [0.1, 0.15) is 59.8 Å². The Kier molecular flexibility index (Phi) is 6.46. The Hall–Kier alpha value is -1.09. The largest absolute Gasteiger partial charge is 0.462 e. The van der Waals surface area contributed by atoms with Gasteiger partial charge in [-0.1, -0.05) is 37.6 Å². The van der Waals surface area contributed by atoms with Crippen molar-refractivity contribution in [2.45, 2.75) is 72.0 Å². The van der Waals surface area contributed by atoms with Gasteiger partial charge in [-0.2, -0.15) is 0 Å². The summed E-state index contributed by atoms with van der Waals surface area (Å²) >= 11 is 0. The number of hydrogen-bond donors (Lipinski definition) is 1. The lowest BCUT2D eigenvalue weighted by Gasteiger charge is -2.42. The summed E-state index contributed by atoms with van der Waals surface area (Å²) in [5.41, 5.74) is 1.40. The van der Waals surface area contributed by atoms with Gasteiger partial charge in [-0.15, -0.1) is 0 Å². The molecule has 0 saturated carbocycles. The van der Waals surface area contributed by atoms with Gasteiger partial charge >= 0.3 is 5.97 Å². The van der Waals surface area contributed by atoms with Gasteiger partial charge in [0.05, 0.1) is 6.10 Å². The third kappa shape index (κ3) is 4.94. The van der Waals surface area contributed by atoms with Gasteiger partial charge in [0.1, 0.15) is 6.10 Å². The third-order valence-corrected chi connectivity index (χ3v) is 5.59. The first-order valence-corrected chi connectivity index (χ1v) is 9.05. The van der Waals surface area contributed by atoms with Crippen LogP contribution in [0.5, 0.6) is 0 Å². The van der Waals surface area contributed by atoms with Crippen LogP contribution in [-0.4, -0.2) is 23.3 Å². The molecule has 0 radical (unpaired) electrons. The predicted molar refractivity (Wildman–Crippen MR) is 92.9 cm³/mol. The highest BCUT2D eigenvalue weighted by Crippen LogP contribution is 2.44. The lowest BCUT2D eigenvalue weighted by Crippen LogP contribution is -2.36. The molecule has 0 aromatic rings. The quantitative estimate of drug-likeness (QED) is 0.611. The van der Waals surface area contributed by atoms with Crippen LogP contribution in [0.25, 0.3) is 0 Å². The van der Waals surface area contributed by atoms with Crippen LogP contribution in [0, 0.1) is 23.7 Å². The first kappa shape index (κ1) is 18.3. The fourth-order valence-corrected chi connectivity index (χ4v) is 4.37. The van der Waals surface area contributed by atoms with E-state index in [2.05, 4.69) is 32.9 Å².